The van der Waals surface area contributed by atoms with Gasteiger partial charge in [-0.1, -0.05) is 6.92 Å². The lowest BCUT2D eigenvalue weighted by Crippen LogP contribution is -2.13. The van der Waals surface area contributed by atoms with E-state index < -0.39 is 0 Å². The summed E-state index contributed by atoms with van der Waals surface area (Å²) >= 11 is 0. The second kappa shape index (κ2) is 4.06. The van der Waals surface area contributed by atoms with E-state index in [0.717, 1.165) is 19.4 Å². The average molecular weight is 197 g/mol. The Morgan fingerprint density at radius 1 is 1.50 bits per heavy atom. The highest BCUT2D eigenvalue weighted by molar-refractivity contribution is 4.98. The Labute approximate surface area is 82.6 Å². The van der Waals surface area contributed by atoms with Gasteiger partial charge in [-0.25, -0.2) is 0 Å². The second-order valence-corrected chi connectivity index (χ2v) is 3.45. The second-order valence-electron chi connectivity index (χ2n) is 3.45. The Hall–Kier alpha value is -0.940. The molecule has 2 N–H and O–H groups in total. The molecule has 0 spiro atoms. The van der Waals surface area contributed by atoms with Gasteiger partial charge in [0.1, 0.15) is 0 Å². The molecule has 2 rings (SSSR count). The van der Waals surface area contributed by atoms with Gasteiger partial charge >= 0.3 is 0 Å². The molecule has 1 aliphatic heterocycles. The molecule has 1 aromatic rings. The van der Waals surface area contributed by atoms with Crippen molar-refractivity contribution in [2.75, 3.05) is 6.61 Å². The molecular formula is C9H15N3O2. The van der Waals surface area contributed by atoms with Crippen molar-refractivity contribution < 1.29 is 9.15 Å². The summed E-state index contributed by atoms with van der Waals surface area (Å²) in [5.74, 6) is 1.43. The van der Waals surface area contributed by atoms with E-state index in [2.05, 4.69) is 17.1 Å². The largest absolute Gasteiger partial charge is 0.423 e. The summed E-state index contributed by atoms with van der Waals surface area (Å²) in [7, 11) is 0. The summed E-state index contributed by atoms with van der Waals surface area (Å²) in [5, 5.41) is 7.84. The molecule has 1 fully saturated rings. The summed E-state index contributed by atoms with van der Waals surface area (Å²) in [4.78, 5) is 0. The van der Waals surface area contributed by atoms with Gasteiger partial charge in [-0.3, -0.25) is 0 Å². The highest BCUT2D eigenvalue weighted by Crippen LogP contribution is 2.31. The Morgan fingerprint density at radius 3 is 3.00 bits per heavy atom. The SMILES string of the molecule is CCC1OCCC1c1nnc(CN)o1. The van der Waals surface area contributed by atoms with Gasteiger partial charge in [0.2, 0.25) is 11.8 Å². The quantitative estimate of drug-likeness (QED) is 0.776. The molecule has 2 heterocycles. The van der Waals surface area contributed by atoms with Crippen LogP contribution < -0.4 is 5.73 Å². The highest BCUT2D eigenvalue weighted by atomic mass is 16.5. The summed E-state index contributed by atoms with van der Waals surface area (Å²) in [6.07, 6.45) is 2.16. The third kappa shape index (κ3) is 1.65. The third-order valence-corrected chi connectivity index (χ3v) is 2.59. The van der Waals surface area contributed by atoms with Crippen LogP contribution in [0.15, 0.2) is 4.42 Å². The van der Waals surface area contributed by atoms with Gasteiger partial charge in [-0.2, -0.15) is 0 Å². The molecule has 5 heteroatoms. The minimum Gasteiger partial charge on any atom is -0.423 e. The van der Waals surface area contributed by atoms with E-state index in [4.69, 9.17) is 14.9 Å². The molecule has 0 amide bonds. The Bertz CT molecular complexity index is 300. The maximum Gasteiger partial charge on any atom is 0.230 e. The van der Waals surface area contributed by atoms with Gasteiger partial charge in [0.25, 0.3) is 0 Å². The Balaban J connectivity index is 2.13. The van der Waals surface area contributed by atoms with Crippen LogP contribution in [0, 0.1) is 0 Å². The predicted octanol–water partition coefficient (Wildman–Crippen LogP) is 0.811. The molecule has 0 aliphatic carbocycles. The standard InChI is InChI=1S/C9H15N3O2/c1-2-7-6(3-4-13-7)9-12-11-8(5-10)14-9/h6-7H,2-5,10H2,1H3. The molecule has 0 saturated carbocycles. The van der Waals surface area contributed by atoms with Gasteiger partial charge < -0.3 is 14.9 Å². The summed E-state index contributed by atoms with van der Waals surface area (Å²) < 4.78 is 11.0. The van der Waals surface area contributed by atoms with E-state index in [1.165, 1.54) is 0 Å². The predicted molar refractivity (Wildman–Crippen MR) is 49.6 cm³/mol. The lowest BCUT2D eigenvalue weighted by Gasteiger charge is -2.11. The van der Waals surface area contributed by atoms with Gasteiger partial charge in [0.15, 0.2) is 0 Å². The van der Waals surface area contributed by atoms with E-state index in [1.54, 1.807) is 0 Å². The molecule has 2 unspecified atom stereocenters. The lowest BCUT2D eigenvalue weighted by atomic mass is 10.00. The van der Waals surface area contributed by atoms with Crippen LogP contribution in [0.3, 0.4) is 0 Å². The van der Waals surface area contributed by atoms with E-state index in [-0.39, 0.29) is 12.0 Å². The van der Waals surface area contributed by atoms with Crippen molar-refractivity contribution in [1.82, 2.24) is 10.2 Å². The fourth-order valence-electron chi connectivity index (χ4n) is 1.83. The minimum absolute atomic E-state index is 0.223. The maximum absolute atomic E-state index is 5.55. The fraction of sp³-hybridized carbons (Fsp3) is 0.778. The number of nitrogens with two attached hydrogens (primary N) is 1. The number of ether oxygens (including phenoxy) is 1. The number of aromatic nitrogens is 2. The first-order valence-corrected chi connectivity index (χ1v) is 4.99. The molecule has 1 saturated heterocycles. The van der Waals surface area contributed by atoms with Crippen molar-refractivity contribution in [1.29, 1.82) is 0 Å². The molecule has 14 heavy (non-hydrogen) atoms. The monoisotopic (exact) mass is 197 g/mol. The van der Waals surface area contributed by atoms with Crippen molar-refractivity contribution in [3.05, 3.63) is 11.8 Å². The Morgan fingerprint density at radius 2 is 2.36 bits per heavy atom. The number of hydrogen-bond acceptors (Lipinski definition) is 5. The minimum atomic E-state index is 0.223. The highest BCUT2D eigenvalue weighted by Gasteiger charge is 2.32. The first-order valence-electron chi connectivity index (χ1n) is 4.99. The molecule has 0 radical (unpaired) electrons. The molecule has 0 aromatic carbocycles. The van der Waals surface area contributed by atoms with E-state index in [0.29, 0.717) is 18.3 Å². The molecule has 0 bridgehead atoms. The molecule has 1 aliphatic rings. The fourth-order valence-corrected chi connectivity index (χ4v) is 1.83. The van der Waals surface area contributed by atoms with Gasteiger partial charge in [0.05, 0.1) is 18.6 Å². The van der Waals surface area contributed by atoms with E-state index in [9.17, 15) is 0 Å². The topological polar surface area (TPSA) is 74.2 Å². The maximum atomic E-state index is 5.55. The van der Waals surface area contributed by atoms with Crippen LogP contribution in [0.1, 0.15) is 37.5 Å². The van der Waals surface area contributed by atoms with Gasteiger partial charge in [0, 0.05) is 6.61 Å². The van der Waals surface area contributed by atoms with Crippen LogP contribution in [0.2, 0.25) is 0 Å². The van der Waals surface area contributed by atoms with Crippen LogP contribution in [-0.4, -0.2) is 22.9 Å². The normalized spacial score (nSPS) is 27.0. The van der Waals surface area contributed by atoms with Crippen LogP contribution in [0.4, 0.5) is 0 Å². The van der Waals surface area contributed by atoms with Crippen molar-refractivity contribution in [3.8, 4) is 0 Å². The van der Waals surface area contributed by atoms with Crippen LogP contribution in [-0.2, 0) is 11.3 Å². The average Bonchev–Trinajstić information content (AvgIpc) is 2.85. The summed E-state index contributed by atoms with van der Waals surface area (Å²) in [6.45, 7) is 3.18. The van der Waals surface area contributed by atoms with Crippen molar-refractivity contribution in [2.45, 2.75) is 38.3 Å². The number of rotatable bonds is 3. The van der Waals surface area contributed by atoms with Gasteiger partial charge in [-0.05, 0) is 12.8 Å². The van der Waals surface area contributed by atoms with Crippen molar-refractivity contribution in [2.24, 2.45) is 5.73 Å². The van der Waals surface area contributed by atoms with E-state index >= 15 is 0 Å². The lowest BCUT2D eigenvalue weighted by molar-refractivity contribution is 0.0963. The molecule has 5 nitrogen and oxygen atoms in total. The van der Waals surface area contributed by atoms with E-state index in [1.807, 2.05) is 0 Å². The van der Waals surface area contributed by atoms with Gasteiger partial charge in [-0.15, -0.1) is 10.2 Å². The number of nitrogens with zero attached hydrogens (tertiary/aromatic N) is 2. The van der Waals surface area contributed by atoms with Crippen LogP contribution >= 0.6 is 0 Å². The zero-order valence-corrected chi connectivity index (χ0v) is 8.27. The molecular weight excluding hydrogens is 182 g/mol. The first kappa shape index (κ1) is 9.61. The van der Waals surface area contributed by atoms with Crippen LogP contribution in [0.5, 0.6) is 0 Å². The zero-order valence-electron chi connectivity index (χ0n) is 8.27. The smallest absolute Gasteiger partial charge is 0.230 e. The summed E-state index contributed by atoms with van der Waals surface area (Å²) in [6, 6.07) is 0. The first-order chi connectivity index (χ1) is 6.85. The summed E-state index contributed by atoms with van der Waals surface area (Å²) in [5.41, 5.74) is 5.40. The van der Waals surface area contributed by atoms with Crippen molar-refractivity contribution in [3.63, 3.8) is 0 Å². The third-order valence-electron chi connectivity index (χ3n) is 2.59. The Kier molecular flexibility index (Phi) is 2.79. The molecule has 2 atom stereocenters. The number of hydrogen-bond donors (Lipinski definition) is 1. The van der Waals surface area contributed by atoms with Crippen LogP contribution in [0.25, 0.3) is 0 Å². The molecule has 1 aromatic heterocycles. The molecule has 78 valence electrons. The van der Waals surface area contributed by atoms with Crippen molar-refractivity contribution >= 4 is 0 Å². The zero-order chi connectivity index (χ0) is 9.97.